The first-order valence-electron chi connectivity index (χ1n) is 7.24. The first-order valence-corrected chi connectivity index (χ1v) is 7.24. The van der Waals surface area contributed by atoms with Gasteiger partial charge in [-0.2, -0.15) is 0 Å². The monoisotopic (exact) mass is 255 g/mol. The highest BCUT2D eigenvalue weighted by Crippen LogP contribution is 2.24. The number of imidazole rings is 1. The molecule has 1 aliphatic rings. The lowest BCUT2D eigenvalue weighted by atomic mass is 10.0. The molecule has 1 saturated heterocycles. The summed E-state index contributed by atoms with van der Waals surface area (Å²) < 4.78 is 0. The number of nitrogens with one attached hydrogen (secondary N) is 2. The molecule has 2 heterocycles. The highest BCUT2D eigenvalue weighted by molar-refractivity contribution is 5.58. The first-order chi connectivity index (χ1) is 9.36. The van der Waals surface area contributed by atoms with Crippen LogP contribution in [0.4, 0.5) is 0 Å². The van der Waals surface area contributed by atoms with Crippen molar-refractivity contribution in [2.45, 2.75) is 38.6 Å². The van der Waals surface area contributed by atoms with Gasteiger partial charge in [0.1, 0.15) is 5.82 Å². The molecule has 3 rings (SSSR count). The van der Waals surface area contributed by atoms with Gasteiger partial charge in [0, 0.05) is 0 Å². The van der Waals surface area contributed by atoms with Crippen molar-refractivity contribution in [1.82, 2.24) is 15.3 Å². The van der Waals surface area contributed by atoms with Crippen molar-refractivity contribution in [3.8, 4) is 11.3 Å². The predicted molar refractivity (Wildman–Crippen MR) is 78.0 cm³/mol. The average Bonchev–Trinajstić information content (AvgIpc) is 2.98. The van der Waals surface area contributed by atoms with Gasteiger partial charge in [-0.3, -0.25) is 0 Å². The highest BCUT2D eigenvalue weighted by atomic mass is 15.0. The van der Waals surface area contributed by atoms with E-state index < -0.39 is 0 Å². The maximum absolute atomic E-state index is 4.54. The van der Waals surface area contributed by atoms with Crippen molar-refractivity contribution in [3.63, 3.8) is 0 Å². The normalized spacial score (nSPS) is 19.5. The molecule has 2 aromatic rings. The zero-order valence-electron chi connectivity index (χ0n) is 11.4. The van der Waals surface area contributed by atoms with Crippen LogP contribution in [-0.4, -0.2) is 16.5 Å². The smallest absolute Gasteiger partial charge is 0.123 e. The molecular formula is C16H21N3. The molecule has 0 spiro atoms. The van der Waals surface area contributed by atoms with Crippen molar-refractivity contribution in [3.05, 3.63) is 41.9 Å². The van der Waals surface area contributed by atoms with Crippen LogP contribution < -0.4 is 5.32 Å². The van der Waals surface area contributed by atoms with Gasteiger partial charge in [0.25, 0.3) is 0 Å². The van der Waals surface area contributed by atoms with Crippen LogP contribution in [0.2, 0.25) is 0 Å². The van der Waals surface area contributed by atoms with E-state index in [1.165, 1.54) is 30.4 Å². The third-order valence-corrected chi connectivity index (χ3v) is 3.91. The van der Waals surface area contributed by atoms with Gasteiger partial charge < -0.3 is 10.3 Å². The summed E-state index contributed by atoms with van der Waals surface area (Å²) in [5.74, 6) is 1.08. The Hall–Kier alpha value is -1.61. The molecule has 3 heteroatoms. The number of benzene rings is 1. The molecule has 1 aromatic heterocycles. The predicted octanol–water partition coefficient (Wildman–Crippen LogP) is 3.45. The Morgan fingerprint density at radius 2 is 2.05 bits per heavy atom. The molecule has 3 nitrogen and oxygen atoms in total. The number of rotatable bonds is 3. The molecule has 0 amide bonds. The molecule has 1 atom stereocenters. The van der Waals surface area contributed by atoms with E-state index in [9.17, 15) is 0 Å². The molecule has 0 saturated carbocycles. The molecular weight excluding hydrogens is 234 g/mol. The van der Waals surface area contributed by atoms with E-state index >= 15 is 0 Å². The van der Waals surface area contributed by atoms with Crippen molar-refractivity contribution in [2.24, 2.45) is 0 Å². The Labute approximate surface area is 114 Å². The van der Waals surface area contributed by atoms with Crippen molar-refractivity contribution in [1.29, 1.82) is 0 Å². The minimum absolute atomic E-state index is 0.400. The topological polar surface area (TPSA) is 40.7 Å². The number of aryl methyl sites for hydroxylation is 1. The maximum atomic E-state index is 4.54. The van der Waals surface area contributed by atoms with E-state index in [0.717, 1.165) is 24.5 Å². The number of piperidine rings is 1. The Morgan fingerprint density at radius 3 is 2.74 bits per heavy atom. The summed E-state index contributed by atoms with van der Waals surface area (Å²) >= 11 is 0. The number of nitrogens with zero attached hydrogens (tertiary/aromatic N) is 1. The fraction of sp³-hybridized carbons (Fsp3) is 0.438. The molecule has 1 aromatic carbocycles. The fourth-order valence-corrected chi connectivity index (χ4v) is 2.67. The van der Waals surface area contributed by atoms with E-state index in [2.05, 4.69) is 46.5 Å². The van der Waals surface area contributed by atoms with Crippen LogP contribution in [-0.2, 0) is 6.42 Å². The molecule has 1 fully saturated rings. The summed E-state index contributed by atoms with van der Waals surface area (Å²) in [6, 6.07) is 9.12. The second-order valence-corrected chi connectivity index (χ2v) is 5.24. The maximum Gasteiger partial charge on any atom is 0.123 e. The standard InChI is InChI=1S/C16H21N3/c1-2-12-6-8-13(9-7-12)15-11-18-16(19-15)14-5-3-4-10-17-14/h6-9,11,14,17H,2-5,10H2,1H3,(H,18,19). The van der Waals surface area contributed by atoms with Gasteiger partial charge in [0.05, 0.1) is 17.9 Å². The summed E-state index contributed by atoms with van der Waals surface area (Å²) in [5, 5.41) is 3.52. The minimum atomic E-state index is 0.400. The molecule has 100 valence electrons. The SMILES string of the molecule is CCc1ccc(-c2cnc(C3CCCCN3)[nH]2)cc1. The lowest BCUT2D eigenvalue weighted by molar-refractivity contribution is 0.399. The number of aromatic nitrogens is 2. The van der Waals surface area contributed by atoms with Gasteiger partial charge in [-0.15, -0.1) is 0 Å². The average molecular weight is 255 g/mol. The first kappa shape index (κ1) is 12.4. The largest absolute Gasteiger partial charge is 0.341 e. The summed E-state index contributed by atoms with van der Waals surface area (Å²) in [5.41, 5.74) is 3.70. The van der Waals surface area contributed by atoms with Gasteiger partial charge in [0.2, 0.25) is 0 Å². The van der Waals surface area contributed by atoms with Gasteiger partial charge in [0.15, 0.2) is 0 Å². The summed E-state index contributed by atoms with van der Waals surface area (Å²) in [7, 11) is 0. The number of H-pyrrole nitrogens is 1. The van der Waals surface area contributed by atoms with E-state index in [-0.39, 0.29) is 0 Å². The third kappa shape index (κ3) is 2.71. The molecule has 0 radical (unpaired) electrons. The van der Waals surface area contributed by atoms with Crippen molar-refractivity contribution >= 4 is 0 Å². The lowest BCUT2D eigenvalue weighted by Crippen LogP contribution is -2.27. The molecule has 0 aliphatic carbocycles. The van der Waals surface area contributed by atoms with Crippen LogP contribution in [0, 0.1) is 0 Å². The Bertz CT molecular complexity index is 521. The lowest BCUT2D eigenvalue weighted by Gasteiger charge is -2.21. The minimum Gasteiger partial charge on any atom is -0.341 e. The number of hydrogen-bond donors (Lipinski definition) is 2. The summed E-state index contributed by atoms with van der Waals surface area (Å²) in [6.07, 6.45) is 6.79. The van der Waals surface area contributed by atoms with Crippen LogP contribution in [0.15, 0.2) is 30.5 Å². The zero-order chi connectivity index (χ0) is 13.1. The van der Waals surface area contributed by atoms with E-state index in [1.807, 2.05) is 6.20 Å². The molecule has 1 unspecified atom stereocenters. The van der Waals surface area contributed by atoms with Gasteiger partial charge >= 0.3 is 0 Å². The Kier molecular flexibility index (Phi) is 3.65. The second-order valence-electron chi connectivity index (χ2n) is 5.24. The summed E-state index contributed by atoms with van der Waals surface area (Å²) in [4.78, 5) is 8.00. The Balaban J connectivity index is 1.79. The molecule has 1 aliphatic heterocycles. The third-order valence-electron chi connectivity index (χ3n) is 3.91. The highest BCUT2D eigenvalue weighted by Gasteiger charge is 2.17. The second kappa shape index (κ2) is 5.57. The van der Waals surface area contributed by atoms with E-state index in [1.54, 1.807) is 0 Å². The van der Waals surface area contributed by atoms with Crippen LogP contribution in [0.3, 0.4) is 0 Å². The van der Waals surface area contributed by atoms with E-state index in [0.29, 0.717) is 6.04 Å². The van der Waals surface area contributed by atoms with Gasteiger partial charge in [-0.1, -0.05) is 37.6 Å². The Morgan fingerprint density at radius 1 is 1.21 bits per heavy atom. The quantitative estimate of drug-likeness (QED) is 0.882. The molecule has 19 heavy (non-hydrogen) atoms. The van der Waals surface area contributed by atoms with Crippen molar-refractivity contribution < 1.29 is 0 Å². The van der Waals surface area contributed by atoms with E-state index in [4.69, 9.17) is 0 Å². The molecule has 2 N–H and O–H groups in total. The van der Waals surface area contributed by atoms with Gasteiger partial charge in [-0.25, -0.2) is 4.98 Å². The zero-order valence-corrected chi connectivity index (χ0v) is 11.4. The molecule has 0 bridgehead atoms. The van der Waals surface area contributed by atoms with Crippen LogP contribution >= 0.6 is 0 Å². The van der Waals surface area contributed by atoms with Crippen LogP contribution in [0.5, 0.6) is 0 Å². The van der Waals surface area contributed by atoms with Gasteiger partial charge in [-0.05, 0) is 36.9 Å². The summed E-state index contributed by atoms with van der Waals surface area (Å²) in [6.45, 7) is 3.28. The van der Waals surface area contributed by atoms with Crippen LogP contribution in [0.25, 0.3) is 11.3 Å². The van der Waals surface area contributed by atoms with Crippen LogP contribution in [0.1, 0.15) is 43.6 Å². The van der Waals surface area contributed by atoms with Crippen molar-refractivity contribution in [2.75, 3.05) is 6.54 Å². The fourth-order valence-electron chi connectivity index (χ4n) is 2.67. The number of hydrogen-bond acceptors (Lipinski definition) is 2. The number of aromatic amines is 1.